The molecule has 1 heterocycles. The third kappa shape index (κ3) is 1.85. The van der Waals surface area contributed by atoms with Gasteiger partial charge in [-0.15, -0.1) is 0 Å². The second kappa shape index (κ2) is 4.39. The third-order valence-corrected chi connectivity index (χ3v) is 3.16. The van der Waals surface area contributed by atoms with E-state index in [9.17, 15) is 0 Å². The first-order valence-electron chi connectivity index (χ1n) is 5.59. The van der Waals surface area contributed by atoms with Crippen molar-refractivity contribution >= 4 is 22.6 Å². The van der Waals surface area contributed by atoms with Crippen molar-refractivity contribution in [1.29, 1.82) is 0 Å². The molecule has 90 valence electrons. The largest absolute Gasteiger partial charge is 0.496 e. The van der Waals surface area contributed by atoms with Crippen LogP contribution in [-0.2, 0) is 0 Å². The van der Waals surface area contributed by atoms with Crippen molar-refractivity contribution in [3.8, 4) is 5.75 Å². The molecule has 0 saturated heterocycles. The Labute approximate surface area is 109 Å². The summed E-state index contributed by atoms with van der Waals surface area (Å²) >= 11 is 5.73. The van der Waals surface area contributed by atoms with E-state index >= 15 is 0 Å². The Morgan fingerprint density at radius 2 is 1.94 bits per heavy atom. The van der Waals surface area contributed by atoms with Crippen LogP contribution in [0.1, 0.15) is 0 Å². The normalized spacial score (nSPS) is 10.8. The lowest BCUT2D eigenvalue weighted by Gasteiger charge is -2.08. The molecular formula is C15H11ClO2. The van der Waals surface area contributed by atoms with Gasteiger partial charge in [-0.05, 0) is 35.6 Å². The van der Waals surface area contributed by atoms with Crippen molar-refractivity contribution in [2.45, 2.75) is 0 Å². The van der Waals surface area contributed by atoms with Crippen LogP contribution in [0, 0.1) is 10.4 Å². The van der Waals surface area contributed by atoms with Crippen LogP contribution >= 0.6 is 11.6 Å². The summed E-state index contributed by atoms with van der Waals surface area (Å²) in [5.41, 5.74) is 0.879. The molecule has 0 atom stereocenters. The van der Waals surface area contributed by atoms with Gasteiger partial charge >= 0.3 is 0 Å². The highest BCUT2D eigenvalue weighted by atomic mass is 35.5. The Morgan fingerprint density at radius 3 is 2.50 bits per heavy atom. The minimum atomic E-state index is 0.744. The molecule has 18 heavy (non-hydrogen) atoms. The van der Waals surface area contributed by atoms with E-state index in [4.69, 9.17) is 20.8 Å². The van der Waals surface area contributed by atoms with Crippen LogP contribution in [-0.4, -0.2) is 7.11 Å². The molecule has 1 aromatic carbocycles. The first-order valence-corrected chi connectivity index (χ1v) is 5.97. The minimum Gasteiger partial charge on any atom is -0.496 e. The van der Waals surface area contributed by atoms with Gasteiger partial charge in [-0.1, -0.05) is 23.7 Å². The fraction of sp³-hybridized carbons (Fsp3) is 0.0667. The maximum absolute atomic E-state index is 5.73. The van der Waals surface area contributed by atoms with Gasteiger partial charge in [0.2, 0.25) is 0 Å². The first-order chi connectivity index (χ1) is 8.78. The molecule has 2 aliphatic carbocycles. The van der Waals surface area contributed by atoms with Gasteiger partial charge in [0.15, 0.2) is 0 Å². The zero-order chi connectivity index (χ0) is 12.5. The number of benzene rings is 2. The summed E-state index contributed by atoms with van der Waals surface area (Å²) in [6, 6.07) is 13.6. The topological polar surface area (TPSA) is 22.4 Å². The molecule has 0 spiro atoms. The number of furan rings is 1. The number of hydrogen-bond acceptors (Lipinski definition) is 2. The molecule has 2 aliphatic rings. The third-order valence-electron chi connectivity index (χ3n) is 2.93. The summed E-state index contributed by atoms with van der Waals surface area (Å²) < 4.78 is 10.1. The fourth-order valence-electron chi connectivity index (χ4n) is 1.86. The predicted octanol–water partition coefficient (Wildman–Crippen LogP) is 4.38. The van der Waals surface area contributed by atoms with Gasteiger partial charge in [0.25, 0.3) is 0 Å². The Balaban J connectivity index is 0.000000114. The standard InChI is InChI=1S/C8H5ClO.C7H6O/c9-7-1-2-8-6(5-7)3-4-10-8;1-8-7-4-5-2-3-6(5)7/h1-5H;2-4H,1H3. The van der Waals surface area contributed by atoms with Gasteiger partial charge < -0.3 is 9.15 Å². The first kappa shape index (κ1) is 11.2. The highest BCUT2D eigenvalue weighted by molar-refractivity contribution is 6.31. The molecule has 0 unspecified atom stereocenters. The molecule has 0 bridgehead atoms. The number of halogens is 1. The Kier molecular flexibility index (Phi) is 2.73. The van der Waals surface area contributed by atoms with E-state index in [-0.39, 0.29) is 0 Å². The van der Waals surface area contributed by atoms with Crippen LogP contribution < -0.4 is 4.74 Å². The van der Waals surface area contributed by atoms with E-state index in [2.05, 4.69) is 12.1 Å². The number of ether oxygens (including phenoxy) is 1. The highest BCUT2D eigenvalue weighted by Crippen LogP contribution is 2.22. The number of methoxy groups -OCH3 is 1. The van der Waals surface area contributed by atoms with Crippen molar-refractivity contribution in [2.75, 3.05) is 7.11 Å². The molecule has 0 aliphatic heterocycles. The Morgan fingerprint density at radius 1 is 1.06 bits per heavy atom. The summed E-state index contributed by atoms with van der Waals surface area (Å²) in [5, 5.41) is 4.41. The van der Waals surface area contributed by atoms with Gasteiger partial charge in [-0.25, -0.2) is 0 Å². The number of hydrogen-bond donors (Lipinski definition) is 0. The van der Waals surface area contributed by atoms with Crippen LogP contribution in [0.4, 0.5) is 0 Å². The molecule has 0 saturated carbocycles. The van der Waals surface area contributed by atoms with Crippen molar-refractivity contribution in [3.05, 3.63) is 64.2 Å². The molecule has 2 aromatic rings. The molecule has 3 heteroatoms. The second-order valence-corrected chi connectivity index (χ2v) is 4.45. The molecule has 0 N–H and O–H groups in total. The highest BCUT2D eigenvalue weighted by Gasteiger charge is 2.03. The van der Waals surface area contributed by atoms with Crippen LogP contribution in [0.25, 0.3) is 11.0 Å². The molecular weight excluding hydrogens is 248 g/mol. The zero-order valence-electron chi connectivity index (χ0n) is 9.81. The van der Waals surface area contributed by atoms with Crippen molar-refractivity contribution in [2.24, 2.45) is 0 Å². The monoisotopic (exact) mass is 258 g/mol. The Bertz CT molecular complexity index is 790. The lowest BCUT2D eigenvalue weighted by Crippen LogP contribution is -1.92. The quantitative estimate of drug-likeness (QED) is 0.505. The van der Waals surface area contributed by atoms with Crippen molar-refractivity contribution in [1.82, 2.24) is 0 Å². The minimum absolute atomic E-state index is 0.744. The average Bonchev–Trinajstić information content (AvgIpc) is 2.80. The van der Waals surface area contributed by atoms with E-state index in [0.717, 1.165) is 21.7 Å². The number of fused-ring (bicyclic) bond motifs is 1. The summed E-state index contributed by atoms with van der Waals surface area (Å²) in [5.74, 6) is 1.03. The van der Waals surface area contributed by atoms with Gasteiger partial charge in [-0.3, -0.25) is 0 Å². The van der Waals surface area contributed by atoms with Gasteiger partial charge in [0.05, 0.1) is 13.4 Å². The molecule has 2 nitrogen and oxygen atoms in total. The van der Waals surface area contributed by atoms with E-state index < -0.39 is 0 Å². The SMILES string of the molecule is COc1cc2ccc1=2.Clc1ccc2occc2c1. The fourth-order valence-corrected chi connectivity index (χ4v) is 2.04. The summed E-state index contributed by atoms with van der Waals surface area (Å²) in [6.45, 7) is 0. The number of rotatable bonds is 1. The van der Waals surface area contributed by atoms with E-state index in [1.54, 1.807) is 13.4 Å². The maximum atomic E-state index is 5.73. The lowest BCUT2D eigenvalue weighted by molar-refractivity contribution is 0.407. The lowest BCUT2D eigenvalue weighted by atomic mass is 10.1. The van der Waals surface area contributed by atoms with Crippen molar-refractivity contribution in [3.63, 3.8) is 0 Å². The van der Waals surface area contributed by atoms with Crippen LogP contribution in [0.15, 0.2) is 53.1 Å². The smallest absolute Gasteiger partial charge is 0.133 e. The average molecular weight is 259 g/mol. The van der Waals surface area contributed by atoms with Gasteiger partial charge in [0, 0.05) is 15.6 Å². The Hall–Kier alpha value is -1.93. The van der Waals surface area contributed by atoms with Crippen LogP contribution in [0.3, 0.4) is 0 Å². The van der Waals surface area contributed by atoms with Crippen LogP contribution in [0.5, 0.6) is 5.75 Å². The van der Waals surface area contributed by atoms with Gasteiger partial charge in [-0.2, -0.15) is 0 Å². The summed E-state index contributed by atoms with van der Waals surface area (Å²) in [4.78, 5) is 0. The molecule has 1 aromatic heterocycles. The van der Waals surface area contributed by atoms with E-state index in [1.807, 2.05) is 30.3 Å². The van der Waals surface area contributed by atoms with Crippen LogP contribution in [0.2, 0.25) is 5.02 Å². The van der Waals surface area contributed by atoms with E-state index in [0.29, 0.717) is 0 Å². The molecule has 0 amide bonds. The van der Waals surface area contributed by atoms with E-state index in [1.165, 1.54) is 10.4 Å². The summed E-state index contributed by atoms with van der Waals surface area (Å²) in [6.07, 6.45) is 1.65. The molecule has 4 rings (SSSR count). The van der Waals surface area contributed by atoms with Gasteiger partial charge in [0.1, 0.15) is 11.3 Å². The molecule has 0 radical (unpaired) electrons. The van der Waals surface area contributed by atoms with Crippen molar-refractivity contribution < 1.29 is 9.15 Å². The summed E-state index contributed by atoms with van der Waals surface area (Å²) in [7, 11) is 1.70. The maximum Gasteiger partial charge on any atom is 0.133 e. The molecule has 0 fully saturated rings. The zero-order valence-corrected chi connectivity index (χ0v) is 10.6. The predicted molar refractivity (Wildman–Crippen MR) is 71.9 cm³/mol. The second-order valence-electron chi connectivity index (χ2n) is 4.02.